The fourth-order valence-corrected chi connectivity index (χ4v) is 3.18. The fourth-order valence-electron chi connectivity index (χ4n) is 3.18. The van der Waals surface area contributed by atoms with E-state index in [1.54, 1.807) is 0 Å². The number of amides is 1. The quantitative estimate of drug-likeness (QED) is 0.709. The summed E-state index contributed by atoms with van der Waals surface area (Å²) < 4.78 is 0. The number of aliphatic hydroxyl groups excluding tert-OH is 1. The van der Waals surface area contributed by atoms with Gasteiger partial charge in [0.05, 0.1) is 12.1 Å². The van der Waals surface area contributed by atoms with Crippen LogP contribution >= 0.6 is 0 Å². The first-order chi connectivity index (χ1) is 9.15. The highest BCUT2D eigenvalue weighted by atomic mass is 16.3. The summed E-state index contributed by atoms with van der Waals surface area (Å²) in [5.74, 6) is 0.757. The van der Waals surface area contributed by atoms with E-state index < -0.39 is 0 Å². The molecule has 4 heteroatoms. The van der Waals surface area contributed by atoms with Gasteiger partial charge in [-0.05, 0) is 57.9 Å². The van der Waals surface area contributed by atoms with Gasteiger partial charge in [0.15, 0.2) is 0 Å². The Labute approximate surface area is 116 Å². The predicted octanol–water partition coefficient (Wildman–Crippen LogP) is 1.57. The number of hydrogen-bond acceptors (Lipinski definition) is 3. The van der Waals surface area contributed by atoms with E-state index in [-0.39, 0.29) is 18.1 Å². The molecule has 0 radical (unpaired) electrons. The molecular weight excluding hydrogens is 240 g/mol. The molecule has 1 amide bonds. The van der Waals surface area contributed by atoms with Crippen molar-refractivity contribution in [1.82, 2.24) is 10.6 Å². The van der Waals surface area contributed by atoms with E-state index in [0.29, 0.717) is 12.0 Å². The Balaban J connectivity index is 1.62. The first kappa shape index (κ1) is 14.8. The molecule has 2 saturated carbocycles. The Bertz CT molecular complexity index is 282. The minimum Gasteiger partial charge on any atom is -0.393 e. The summed E-state index contributed by atoms with van der Waals surface area (Å²) >= 11 is 0. The summed E-state index contributed by atoms with van der Waals surface area (Å²) in [5.41, 5.74) is 0. The molecule has 0 aliphatic heterocycles. The van der Waals surface area contributed by atoms with Crippen molar-refractivity contribution in [2.45, 2.75) is 76.5 Å². The van der Waals surface area contributed by atoms with Crippen LogP contribution in [0.25, 0.3) is 0 Å². The summed E-state index contributed by atoms with van der Waals surface area (Å²) in [4.78, 5) is 12.0. The first-order valence-electron chi connectivity index (χ1n) is 7.87. The third kappa shape index (κ3) is 4.77. The third-order valence-electron chi connectivity index (χ3n) is 4.62. The van der Waals surface area contributed by atoms with Crippen molar-refractivity contribution in [3.63, 3.8) is 0 Å². The van der Waals surface area contributed by atoms with E-state index in [0.717, 1.165) is 45.1 Å². The van der Waals surface area contributed by atoms with E-state index in [4.69, 9.17) is 0 Å². The Morgan fingerprint density at radius 3 is 2.42 bits per heavy atom. The number of aliphatic hydroxyl groups is 1. The van der Waals surface area contributed by atoms with E-state index in [9.17, 15) is 9.90 Å². The second kappa shape index (κ2) is 7.25. The van der Waals surface area contributed by atoms with Gasteiger partial charge in [-0.1, -0.05) is 12.8 Å². The Morgan fingerprint density at radius 1 is 1.16 bits per heavy atom. The fraction of sp³-hybridized carbons (Fsp3) is 0.933. The van der Waals surface area contributed by atoms with Gasteiger partial charge in [-0.3, -0.25) is 4.79 Å². The third-order valence-corrected chi connectivity index (χ3v) is 4.62. The molecule has 0 heterocycles. The standard InChI is InChI=1S/C15H28N2O2/c1-11(15(19)17-13-4-2-3-5-13)16-10-12-6-8-14(18)9-7-12/h11-14,16,18H,2-10H2,1H3,(H,17,19). The van der Waals surface area contributed by atoms with Crippen LogP contribution in [-0.2, 0) is 4.79 Å². The zero-order valence-corrected chi connectivity index (χ0v) is 12.0. The minimum absolute atomic E-state index is 0.0978. The lowest BCUT2D eigenvalue weighted by atomic mass is 9.87. The van der Waals surface area contributed by atoms with Crippen LogP contribution in [0.5, 0.6) is 0 Å². The largest absolute Gasteiger partial charge is 0.393 e. The molecule has 110 valence electrons. The number of carbonyl (C=O) groups excluding carboxylic acids is 1. The zero-order valence-electron chi connectivity index (χ0n) is 12.0. The maximum absolute atomic E-state index is 12.0. The molecular formula is C15H28N2O2. The van der Waals surface area contributed by atoms with Crippen LogP contribution in [0.4, 0.5) is 0 Å². The van der Waals surface area contributed by atoms with Gasteiger partial charge in [-0.15, -0.1) is 0 Å². The minimum atomic E-state index is -0.104. The average molecular weight is 268 g/mol. The van der Waals surface area contributed by atoms with Gasteiger partial charge in [0, 0.05) is 6.04 Å². The average Bonchev–Trinajstić information content (AvgIpc) is 2.90. The molecule has 0 spiro atoms. The van der Waals surface area contributed by atoms with E-state index >= 15 is 0 Å². The highest BCUT2D eigenvalue weighted by Crippen LogP contribution is 2.23. The zero-order chi connectivity index (χ0) is 13.7. The molecule has 0 aromatic heterocycles. The number of rotatable bonds is 5. The van der Waals surface area contributed by atoms with Crippen LogP contribution in [0, 0.1) is 5.92 Å². The van der Waals surface area contributed by atoms with Crippen molar-refractivity contribution in [2.24, 2.45) is 5.92 Å². The Hall–Kier alpha value is -0.610. The van der Waals surface area contributed by atoms with Crippen LogP contribution in [0.1, 0.15) is 58.3 Å². The van der Waals surface area contributed by atoms with Crippen LogP contribution in [0.2, 0.25) is 0 Å². The van der Waals surface area contributed by atoms with Gasteiger partial charge in [0.1, 0.15) is 0 Å². The lowest BCUT2D eigenvalue weighted by Gasteiger charge is -2.27. The van der Waals surface area contributed by atoms with Crippen LogP contribution < -0.4 is 10.6 Å². The van der Waals surface area contributed by atoms with Crippen LogP contribution in [0.3, 0.4) is 0 Å². The summed E-state index contributed by atoms with van der Waals surface area (Å²) in [5, 5.41) is 15.9. The maximum Gasteiger partial charge on any atom is 0.237 e. The smallest absolute Gasteiger partial charge is 0.237 e. The van der Waals surface area contributed by atoms with Gasteiger partial charge in [-0.25, -0.2) is 0 Å². The summed E-state index contributed by atoms with van der Waals surface area (Å²) in [6.07, 6.45) is 8.64. The number of hydrogen-bond donors (Lipinski definition) is 3. The first-order valence-corrected chi connectivity index (χ1v) is 7.87. The summed E-state index contributed by atoms with van der Waals surface area (Å²) in [7, 11) is 0. The lowest BCUT2D eigenvalue weighted by molar-refractivity contribution is -0.123. The van der Waals surface area contributed by atoms with Crippen LogP contribution in [0.15, 0.2) is 0 Å². The van der Waals surface area contributed by atoms with Crippen molar-refractivity contribution in [3.05, 3.63) is 0 Å². The van der Waals surface area contributed by atoms with E-state index in [1.807, 2.05) is 6.92 Å². The van der Waals surface area contributed by atoms with Crippen molar-refractivity contribution in [3.8, 4) is 0 Å². The highest BCUT2D eigenvalue weighted by molar-refractivity contribution is 5.81. The van der Waals surface area contributed by atoms with Gasteiger partial charge in [0.2, 0.25) is 5.91 Å². The van der Waals surface area contributed by atoms with Crippen molar-refractivity contribution in [1.29, 1.82) is 0 Å². The predicted molar refractivity (Wildman–Crippen MR) is 75.8 cm³/mol. The molecule has 19 heavy (non-hydrogen) atoms. The summed E-state index contributed by atoms with van der Waals surface area (Å²) in [6, 6.07) is 0.300. The monoisotopic (exact) mass is 268 g/mol. The van der Waals surface area contributed by atoms with Gasteiger partial charge < -0.3 is 15.7 Å². The molecule has 3 N–H and O–H groups in total. The van der Waals surface area contributed by atoms with Crippen molar-refractivity contribution >= 4 is 5.91 Å². The van der Waals surface area contributed by atoms with E-state index in [2.05, 4.69) is 10.6 Å². The lowest BCUT2D eigenvalue weighted by Crippen LogP contribution is -2.47. The number of nitrogens with one attached hydrogen (secondary N) is 2. The molecule has 4 nitrogen and oxygen atoms in total. The normalized spacial score (nSPS) is 30.2. The molecule has 0 aromatic carbocycles. The van der Waals surface area contributed by atoms with Gasteiger partial charge in [0.25, 0.3) is 0 Å². The molecule has 2 aliphatic carbocycles. The number of carbonyl (C=O) groups is 1. The topological polar surface area (TPSA) is 61.4 Å². The maximum atomic E-state index is 12.0. The molecule has 1 atom stereocenters. The Morgan fingerprint density at radius 2 is 1.79 bits per heavy atom. The van der Waals surface area contributed by atoms with Crippen LogP contribution in [-0.4, -0.2) is 35.7 Å². The second-order valence-electron chi connectivity index (χ2n) is 6.29. The Kier molecular flexibility index (Phi) is 5.64. The van der Waals surface area contributed by atoms with E-state index in [1.165, 1.54) is 12.8 Å². The summed E-state index contributed by atoms with van der Waals surface area (Å²) in [6.45, 7) is 2.84. The molecule has 0 bridgehead atoms. The highest BCUT2D eigenvalue weighted by Gasteiger charge is 2.23. The molecule has 0 aromatic rings. The van der Waals surface area contributed by atoms with Gasteiger partial charge in [-0.2, -0.15) is 0 Å². The van der Waals surface area contributed by atoms with Crippen molar-refractivity contribution < 1.29 is 9.90 Å². The van der Waals surface area contributed by atoms with Gasteiger partial charge >= 0.3 is 0 Å². The SMILES string of the molecule is CC(NCC1CCC(O)CC1)C(=O)NC1CCCC1. The second-order valence-corrected chi connectivity index (χ2v) is 6.29. The molecule has 1 unspecified atom stereocenters. The molecule has 2 fully saturated rings. The van der Waals surface area contributed by atoms with Crippen molar-refractivity contribution in [2.75, 3.05) is 6.54 Å². The molecule has 2 rings (SSSR count). The molecule has 0 saturated heterocycles. The molecule has 2 aliphatic rings.